The first-order chi connectivity index (χ1) is 13.2. The molecule has 0 aromatic heterocycles. The van der Waals surface area contributed by atoms with Crippen molar-refractivity contribution in [3.8, 4) is 11.8 Å². The molecule has 0 saturated carbocycles. The van der Waals surface area contributed by atoms with E-state index in [4.69, 9.17) is 11.5 Å². The molecule has 2 nitrogen and oxygen atoms in total. The van der Waals surface area contributed by atoms with E-state index in [1.807, 2.05) is 60.7 Å². The summed E-state index contributed by atoms with van der Waals surface area (Å²) in [6.45, 7) is 0. The van der Waals surface area contributed by atoms with Gasteiger partial charge in [0.2, 0.25) is 0 Å². The smallest absolute Gasteiger partial charge is 0.0630 e. The highest BCUT2D eigenvalue weighted by Crippen LogP contribution is 2.31. The van der Waals surface area contributed by atoms with Crippen LogP contribution in [-0.4, -0.2) is 0 Å². The molecule has 130 valence electrons. The molecule has 0 radical (unpaired) electrons. The maximum atomic E-state index is 6.29. The van der Waals surface area contributed by atoms with Crippen molar-refractivity contribution in [2.24, 2.45) is 0 Å². The van der Waals surface area contributed by atoms with Gasteiger partial charge in [0.05, 0.1) is 11.4 Å². The number of hydrogen-bond donors (Lipinski definition) is 2. The molecule has 4 N–H and O–H groups in total. The van der Waals surface area contributed by atoms with Crippen LogP contribution >= 0.6 is 0 Å². The van der Waals surface area contributed by atoms with Gasteiger partial charge in [0.15, 0.2) is 0 Å². The highest BCUT2D eigenvalue weighted by Gasteiger charge is 2.09. The van der Waals surface area contributed by atoms with Gasteiger partial charge in [-0.15, -0.1) is 0 Å². The van der Waals surface area contributed by atoms with Gasteiger partial charge >= 0.3 is 0 Å². The Kier molecular flexibility index (Phi) is 4.51. The molecule has 0 bridgehead atoms. The Bertz CT molecular complexity index is 1150. The first-order valence-electron chi connectivity index (χ1n) is 8.92. The van der Waals surface area contributed by atoms with Crippen molar-refractivity contribution in [3.63, 3.8) is 0 Å². The maximum absolute atomic E-state index is 6.29. The Hall–Kier alpha value is -3.70. The molecular formula is C25H20N2. The Morgan fingerprint density at radius 3 is 2.00 bits per heavy atom. The van der Waals surface area contributed by atoms with Crippen LogP contribution < -0.4 is 11.5 Å². The molecule has 2 heteroatoms. The average molecular weight is 348 g/mol. The molecule has 0 aliphatic heterocycles. The van der Waals surface area contributed by atoms with Crippen molar-refractivity contribution >= 4 is 22.1 Å². The summed E-state index contributed by atoms with van der Waals surface area (Å²) in [4.78, 5) is 0. The third kappa shape index (κ3) is 3.63. The minimum Gasteiger partial charge on any atom is -0.397 e. The molecule has 27 heavy (non-hydrogen) atoms. The van der Waals surface area contributed by atoms with Crippen molar-refractivity contribution in [3.05, 3.63) is 107 Å². The van der Waals surface area contributed by atoms with Gasteiger partial charge in [-0.25, -0.2) is 0 Å². The van der Waals surface area contributed by atoms with Gasteiger partial charge < -0.3 is 11.5 Å². The van der Waals surface area contributed by atoms with Crippen molar-refractivity contribution in [2.75, 3.05) is 11.5 Å². The van der Waals surface area contributed by atoms with E-state index < -0.39 is 0 Å². The molecule has 0 aliphatic carbocycles. The van der Waals surface area contributed by atoms with Gasteiger partial charge in [0.1, 0.15) is 0 Å². The topological polar surface area (TPSA) is 52.0 Å². The highest BCUT2D eigenvalue weighted by molar-refractivity contribution is 5.99. The van der Waals surface area contributed by atoms with Gasteiger partial charge in [-0.1, -0.05) is 66.4 Å². The molecule has 0 heterocycles. The first kappa shape index (κ1) is 16.8. The summed E-state index contributed by atoms with van der Waals surface area (Å²) in [5.41, 5.74) is 18.1. The summed E-state index contributed by atoms with van der Waals surface area (Å²) in [5.74, 6) is 6.38. The maximum Gasteiger partial charge on any atom is 0.0630 e. The zero-order valence-electron chi connectivity index (χ0n) is 14.9. The average Bonchev–Trinajstić information content (AvgIpc) is 2.72. The fourth-order valence-electron chi connectivity index (χ4n) is 3.19. The zero-order chi connectivity index (χ0) is 18.6. The van der Waals surface area contributed by atoms with Crippen LogP contribution in [0.1, 0.15) is 22.3 Å². The van der Waals surface area contributed by atoms with Crippen LogP contribution in [0.4, 0.5) is 11.4 Å². The molecule has 0 fully saturated rings. The number of nitrogens with two attached hydrogens (primary N) is 2. The predicted molar refractivity (Wildman–Crippen MR) is 114 cm³/mol. The van der Waals surface area contributed by atoms with Crippen LogP contribution in [0.3, 0.4) is 0 Å². The van der Waals surface area contributed by atoms with E-state index in [0.29, 0.717) is 11.4 Å². The molecular weight excluding hydrogens is 328 g/mol. The Labute approximate surface area is 159 Å². The standard InChI is InChI=1S/C25H20N2/c26-24-22(17-21-8-4-5-9-23(21)25(24)27)16-20-14-12-19(13-15-20)11-10-18-6-2-1-3-7-18/h1-9,12-15,17H,16,26-27H2. The first-order valence-corrected chi connectivity index (χ1v) is 8.92. The van der Waals surface area contributed by atoms with Crippen LogP contribution in [0, 0.1) is 11.8 Å². The second-order valence-corrected chi connectivity index (χ2v) is 6.57. The minimum atomic E-state index is 0.661. The summed E-state index contributed by atoms with van der Waals surface area (Å²) in [5, 5.41) is 2.12. The number of nitrogen functional groups attached to an aromatic ring is 2. The monoisotopic (exact) mass is 348 g/mol. The second-order valence-electron chi connectivity index (χ2n) is 6.57. The lowest BCUT2D eigenvalue weighted by Gasteiger charge is -2.12. The van der Waals surface area contributed by atoms with E-state index in [-0.39, 0.29) is 0 Å². The molecule has 0 saturated heterocycles. The molecule has 0 atom stereocenters. The molecule has 0 amide bonds. The normalized spacial score (nSPS) is 10.4. The van der Waals surface area contributed by atoms with E-state index in [2.05, 4.69) is 36.1 Å². The number of rotatable bonds is 2. The Morgan fingerprint density at radius 1 is 0.630 bits per heavy atom. The SMILES string of the molecule is Nc1c(Cc2ccc(C#Cc3ccccc3)cc2)cc2ccccc2c1N. The third-order valence-electron chi connectivity index (χ3n) is 4.69. The van der Waals surface area contributed by atoms with E-state index in [1.165, 1.54) is 5.56 Å². The summed E-state index contributed by atoms with van der Waals surface area (Å²) in [6.07, 6.45) is 0.743. The fourth-order valence-corrected chi connectivity index (χ4v) is 3.19. The molecule has 4 rings (SSSR count). The van der Waals surface area contributed by atoms with Gasteiger partial charge in [-0.05, 0) is 53.3 Å². The van der Waals surface area contributed by atoms with Gasteiger partial charge in [0, 0.05) is 16.5 Å². The quantitative estimate of drug-likeness (QED) is 0.396. The van der Waals surface area contributed by atoms with E-state index in [9.17, 15) is 0 Å². The molecule has 4 aromatic carbocycles. The Balaban J connectivity index is 1.58. The summed E-state index contributed by atoms with van der Waals surface area (Å²) in [7, 11) is 0. The van der Waals surface area contributed by atoms with Crippen molar-refractivity contribution in [1.29, 1.82) is 0 Å². The summed E-state index contributed by atoms with van der Waals surface area (Å²) in [6, 6.07) is 28.5. The van der Waals surface area contributed by atoms with Gasteiger partial charge in [0.25, 0.3) is 0 Å². The highest BCUT2D eigenvalue weighted by atomic mass is 14.7. The molecule has 0 aliphatic rings. The van der Waals surface area contributed by atoms with Crippen molar-refractivity contribution in [1.82, 2.24) is 0 Å². The van der Waals surface area contributed by atoms with Crippen LogP contribution in [0.2, 0.25) is 0 Å². The van der Waals surface area contributed by atoms with Gasteiger partial charge in [-0.3, -0.25) is 0 Å². The van der Waals surface area contributed by atoms with Crippen LogP contribution in [0.5, 0.6) is 0 Å². The van der Waals surface area contributed by atoms with Crippen LogP contribution in [0.15, 0.2) is 84.9 Å². The minimum absolute atomic E-state index is 0.661. The molecule has 0 spiro atoms. The van der Waals surface area contributed by atoms with Crippen molar-refractivity contribution in [2.45, 2.75) is 6.42 Å². The van der Waals surface area contributed by atoms with Crippen molar-refractivity contribution < 1.29 is 0 Å². The molecule has 0 unspecified atom stereocenters. The largest absolute Gasteiger partial charge is 0.397 e. The third-order valence-corrected chi connectivity index (χ3v) is 4.69. The lowest BCUT2D eigenvalue weighted by molar-refractivity contribution is 1.20. The number of benzene rings is 4. The summed E-state index contributed by atoms with van der Waals surface area (Å²) >= 11 is 0. The van der Waals surface area contributed by atoms with E-state index >= 15 is 0 Å². The zero-order valence-corrected chi connectivity index (χ0v) is 14.9. The fraction of sp³-hybridized carbons (Fsp3) is 0.0400. The lowest BCUT2D eigenvalue weighted by Crippen LogP contribution is -2.02. The lowest BCUT2D eigenvalue weighted by atomic mass is 9.97. The number of anilines is 2. The van der Waals surface area contributed by atoms with E-state index in [0.717, 1.165) is 33.9 Å². The second kappa shape index (κ2) is 7.27. The summed E-state index contributed by atoms with van der Waals surface area (Å²) < 4.78 is 0. The van der Waals surface area contributed by atoms with Crippen LogP contribution in [-0.2, 0) is 6.42 Å². The van der Waals surface area contributed by atoms with Crippen LogP contribution in [0.25, 0.3) is 10.8 Å². The van der Waals surface area contributed by atoms with Gasteiger partial charge in [-0.2, -0.15) is 0 Å². The number of hydrogen-bond acceptors (Lipinski definition) is 2. The predicted octanol–water partition coefficient (Wildman–Crippen LogP) is 4.99. The molecule has 4 aromatic rings. The van der Waals surface area contributed by atoms with E-state index in [1.54, 1.807) is 0 Å². The number of fused-ring (bicyclic) bond motifs is 1. The Morgan fingerprint density at radius 2 is 1.26 bits per heavy atom.